The van der Waals surface area contributed by atoms with E-state index in [1.54, 1.807) is 11.3 Å². The van der Waals surface area contributed by atoms with Gasteiger partial charge in [0.05, 0.1) is 12.1 Å². The second kappa shape index (κ2) is 7.13. The Morgan fingerprint density at radius 2 is 2.23 bits per heavy atom. The molecule has 0 fully saturated rings. The number of rotatable bonds is 3. The van der Waals surface area contributed by atoms with Gasteiger partial charge in [0.25, 0.3) is 0 Å². The lowest BCUT2D eigenvalue weighted by molar-refractivity contribution is -0.115. The van der Waals surface area contributed by atoms with Crippen LogP contribution in [0.3, 0.4) is 0 Å². The highest BCUT2D eigenvalue weighted by molar-refractivity contribution is 7.16. The first-order chi connectivity index (χ1) is 12.7. The molecule has 0 saturated heterocycles. The minimum Gasteiger partial charge on any atom is -0.362 e. The van der Waals surface area contributed by atoms with Gasteiger partial charge in [0.2, 0.25) is 5.91 Å². The van der Waals surface area contributed by atoms with Gasteiger partial charge in [0.15, 0.2) is 0 Å². The molecule has 1 aromatic heterocycles. The maximum absolute atomic E-state index is 12.7. The van der Waals surface area contributed by atoms with Crippen molar-refractivity contribution in [1.82, 2.24) is 0 Å². The summed E-state index contributed by atoms with van der Waals surface area (Å²) in [5, 5.41) is 13.4. The summed E-state index contributed by atoms with van der Waals surface area (Å²) in [5.74, 6) is 0.617. The van der Waals surface area contributed by atoms with Crippen molar-refractivity contribution >= 4 is 27.9 Å². The molecule has 26 heavy (non-hydrogen) atoms. The molecule has 2 aromatic rings. The van der Waals surface area contributed by atoms with Gasteiger partial charge in [0, 0.05) is 17.1 Å². The standard InChI is InChI=1S/C21H23N3OS/c1-14-8-9-16-17(12-22)21(26-19(16)11-14)23-20(25)13-24-10-4-6-15-5-2-3-7-18(15)24/h2-3,5,7,14H,4,6,8-11,13H2,1H3,(H,23,25)/t14-/m0/s1. The number of nitrogens with zero attached hydrogens (tertiary/aromatic N) is 2. The Labute approximate surface area is 158 Å². The van der Waals surface area contributed by atoms with Crippen LogP contribution in [0.15, 0.2) is 24.3 Å². The highest BCUT2D eigenvalue weighted by Crippen LogP contribution is 2.39. The molecule has 0 saturated carbocycles. The number of nitrogens with one attached hydrogen (secondary N) is 1. The quantitative estimate of drug-likeness (QED) is 0.889. The number of hydrogen-bond acceptors (Lipinski definition) is 4. The van der Waals surface area contributed by atoms with E-state index in [0.717, 1.165) is 54.9 Å². The maximum Gasteiger partial charge on any atom is 0.244 e. The number of carbonyl (C=O) groups is 1. The first-order valence-electron chi connectivity index (χ1n) is 9.33. The van der Waals surface area contributed by atoms with E-state index < -0.39 is 0 Å². The van der Waals surface area contributed by atoms with Crippen molar-refractivity contribution < 1.29 is 4.79 Å². The molecule has 134 valence electrons. The second-order valence-electron chi connectivity index (χ2n) is 7.37. The summed E-state index contributed by atoms with van der Waals surface area (Å²) in [6, 6.07) is 10.6. The Hall–Kier alpha value is -2.32. The molecule has 0 radical (unpaired) electrons. The number of nitriles is 1. The number of thiophene rings is 1. The van der Waals surface area contributed by atoms with Gasteiger partial charge in [-0.3, -0.25) is 4.79 Å². The van der Waals surface area contributed by atoms with E-state index in [1.165, 1.54) is 10.4 Å². The number of anilines is 2. The lowest BCUT2D eigenvalue weighted by Gasteiger charge is -2.30. The summed E-state index contributed by atoms with van der Waals surface area (Å²) in [6.45, 7) is 3.48. The Morgan fingerprint density at radius 1 is 1.38 bits per heavy atom. The van der Waals surface area contributed by atoms with Crippen LogP contribution in [-0.2, 0) is 24.1 Å². The van der Waals surface area contributed by atoms with Gasteiger partial charge in [-0.05, 0) is 55.2 Å². The molecule has 1 atom stereocenters. The topological polar surface area (TPSA) is 56.1 Å². The number of amides is 1. The third-order valence-electron chi connectivity index (χ3n) is 5.42. The van der Waals surface area contributed by atoms with Crippen LogP contribution in [0.1, 0.15) is 41.3 Å². The highest BCUT2D eigenvalue weighted by atomic mass is 32.1. The zero-order chi connectivity index (χ0) is 18.1. The number of aryl methyl sites for hydroxylation is 1. The highest BCUT2D eigenvalue weighted by Gasteiger charge is 2.25. The Morgan fingerprint density at radius 3 is 3.08 bits per heavy atom. The number of benzene rings is 1. The summed E-state index contributed by atoms with van der Waals surface area (Å²) < 4.78 is 0. The van der Waals surface area contributed by atoms with E-state index in [-0.39, 0.29) is 5.91 Å². The molecule has 1 amide bonds. The molecular weight excluding hydrogens is 342 g/mol. The number of para-hydroxylation sites is 1. The van der Waals surface area contributed by atoms with Crippen molar-refractivity contribution in [2.45, 2.75) is 39.0 Å². The van der Waals surface area contributed by atoms with E-state index in [9.17, 15) is 10.1 Å². The predicted molar refractivity (Wildman–Crippen MR) is 106 cm³/mol. The average Bonchev–Trinajstić information content (AvgIpc) is 2.97. The molecule has 4 rings (SSSR count). The molecular formula is C21H23N3OS. The van der Waals surface area contributed by atoms with Crippen LogP contribution >= 0.6 is 11.3 Å². The molecule has 1 aliphatic carbocycles. The summed E-state index contributed by atoms with van der Waals surface area (Å²) >= 11 is 1.59. The molecule has 0 unspecified atom stereocenters. The van der Waals surface area contributed by atoms with E-state index in [0.29, 0.717) is 18.0 Å². The predicted octanol–water partition coefficient (Wildman–Crippen LogP) is 4.14. The van der Waals surface area contributed by atoms with Gasteiger partial charge in [0.1, 0.15) is 11.1 Å². The molecule has 0 bridgehead atoms. The Balaban J connectivity index is 1.51. The molecule has 1 aliphatic heterocycles. The van der Waals surface area contributed by atoms with E-state index in [1.807, 2.05) is 6.07 Å². The Kier molecular flexibility index (Phi) is 4.69. The van der Waals surface area contributed by atoms with E-state index in [4.69, 9.17) is 0 Å². The fourth-order valence-electron chi connectivity index (χ4n) is 4.07. The zero-order valence-corrected chi connectivity index (χ0v) is 15.9. The maximum atomic E-state index is 12.7. The molecule has 1 aromatic carbocycles. The minimum absolute atomic E-state index is 0.0372. The lowest BCUT2D eigenvalue weighted by Crippen LogP contribution is -2.36. The molecule has 0 spiro atoms. The number of fused-ring (bicyclic) bond motifs is 2. The van der Waals surface area contributed by atoms with Crippen LogP contribution < -0.4 is 10.2 Å². The van der Waals surface area contributed by atoms with Crippen LogP contribution in [0.5, 0.6) is 0 Å². The van der Waals surface area contributed by atoms with Crippen LogP contribution in [0.2, 0.25) is 0 Å². The van der Waals surface area contributed by atoms with Crippen molar-refractivity contribution in [3.63, 3.8) is 0 Å². The molecule has 2 heterocycles. The van der Waals surface area contributed by atoms with Crippen molar-refractivity contribution in [1.29, 1.82) is 5.26 Å². The third-order valence-corrected chi connectivity index (χ3v) is 6.59. The summed E-state index contributed by atoms with van der Waals surface area (Å²) in [6.07, 6.45) is 5.23. The number of carbonyl (C=O) groups excluding carboxylic acids is 1. The van der Waals surface area contributed by atoms with E-state index in [2.05, 4.69) is 41.4 Å². The van der Waals surface area contributed by atoms with Gasteiger partial charge in [-0.1, -0.05) is 25.1 Å². The van der Waals surface area contributed by atoms with Crippen LogP contribution in [0, 0.1) is 17.2 Å². The monoisotopic (exact) mass is 365 g/mol. The SMILES string of the molecule is C[C@H]1CCc2c(sc(NC(=O)CN3CCCc4ccccc43)c2C#N)C1. The van der Waals surface area contributed by atoms with Crippen molar-refractivity contribution in [2.24, 2.45) is 5.92 Å². The number of hydrogen-bond donors (Lipinski definition) is 1. The third kappa shape index (κ3) is 3.22. The van der Waals surface area contributed by atoms with Crippen molar-refractivity contribution in [2.75, 3.05) is 23.3 Å². The van der Waals surface area contributed by atoms with Crippen molar-refractivity contribution in [3.05, 3.63) is 45.8 Å². The average molecular weight is 366 g/mol. The molecule has 4 nitrogen and oxygen atoms in total. The molecule has 2 aliphatic rings. The zero-order valence-electron chi connectivity index (χ0n) is 15.0. The molecule has 5 heteroatoms. The Bertz CT molecular complexity index is 880. The fourth-order valence-corrected chi connectivity index (χ4v) is 5.45. The normalized spacial score (nSPS) is 18.6. The molecule has 1 N–H and O–H groups in total. The van der Waals surface area contributed by atoms with Crippen LogP contribution in [0.4, 0.5) is 10.7 Å². The largest absolute Gasteiger partial charge is 0.362 e. The van der Waals surface area contributed by atoms with Gasteiger partial charge < -0.3 is 10.2 Å². The lowest BCUT2D eigenvalue weighted by atomic mass is 9.89. The first-order valence-corrected chi connectivity index (χ1v) is 10.1. The van der Waals surface area contributed by atoms with Crippen molar-refractivity contribution in [3.8, 4) is 6.07 Å². The summed E-state index contributed by atoms with van der Waals surface area (Å²) in [4.78, 5) is 16.1. The van der Waals surface area contributed by atoms with Gasteiger partial charge in [-0.2, -0.15) is 5.26 Å². The second-order valence-corrected chi connectivity index (χ2v) is 8.47. The van der Waals surface area contributed by atoms with Gasteiger partial charge in [-0.25, -0.2) is 0 Å². The smallest absolute Gasteiger partial charge is 0.244 e. The minimum atomic E-state index is -0.0372. The summed E-state index contributed by atoms with van der Waals surface area (Å²) in [7, 11) is 0. The van der Waals surface area contributed by atoms with Gasteiger partial charge in [-0.15, -0.1) is 11.3 Å². The van der Waals surface area contributed by atoms with Crippen LogP contribution in [-0.4, -0.2) is 19.0 Å². The fraction of sp³-hybridized carbons (Fsp3) is 0.429. The van der Waals surface area contributed by atoms with Gasteiger partial charge >= 0.3 is 0 Å². The van der Waals surface area contributed by atoms with Crippen LogP contribution in [0.25, 0.3) is 0 Å². The first kappa shape index (κ1) is 17.1. The van der Waals surface area contributed by atoms with E-state index >= 15 is 0 Å². The summed E-state index contributed by atoms with van der Waals surface area (Å²) in [5.41, 5.74) is 4.32.